The number of nitrogens with two attached hydrogens (primary N) is 1. The van der Waals surface area contributed by atoms with Gasteiger partial charge >= 0.3 is 5.97 Å². The molecule has 0 spiro atoms. The molecule has 1 heterocycles. The van der Waals surface area contributed by atoms with Crippen LogP contribution in [0.15, 0.2) is 18.2 Å². The SMILES string of the molecule is CCOC(=O)Cn1c(N)nc2ccc(OC)cc21. The van der Waals surface area contributed by atoms with Crippen LogP contribution in [-0.4, -0.2) is 29.2 Å². The minimum Gasteiger partial charge on any atom is -0.497 e. The third kappa shape index (κ3) is 2.22. The van der Waals surface area contributed by atoms with Crippen LogP contribution in [0.1, 0.15) is 6.92 Å². The molecule has 2 aromatic rings. The number of anilines is 1. The molecule has 2 N–H and O–H groups in total. The summed E-state index contributed by atoms with van der Waals surface area (Å²) in [6.45, 7) is 2.15. The van der Waals surface area contributed by atoms with Gasteiger partial charge in [0.25, 0.3) is 0 Å². The highest BCUT2D eigenvalue weighted by molar-refractivity contribution is 5.82. The van der Waals surface area contributed by atoms with Gasteiger partial charge in [0.2, 0.25) is 5.95 Å². The van der Waals surface area contributed by atoms with Crippen LogP contribution in [0.25, 0.3) is 11.0 Å². The van der Waals surface area contributed by atoms with E-state index in [2.05, 4.69) is 4.98 Å². The molecule has 0 aliphatic heterocycles. The fraction of sp³-hybridized carbons (Fsp3) is 0.333. The molecule has 0 radical (unpaired) electrons. The Labute approximate surface area is 104 Å². The summed E-state index contributed by atoms with van der Waals surface area (Å²) in [5.41, 5.74) is 7.26. The third-order valence-corrected chi connectivity index (χ3v) is 2.58. The molecular formula is C12H15N3O3. The Morgan fingerprint density at radius 2 is 2.28 bits per heavy atom. The molecule has 6 heteroatoms. The van der Waals surface area contributed by atoms with E-state index in [1.807, 2.05) is 0 Å². The molecule has 0 unspecified atom stereocenters. The number of rotatable bonds is 4. The van der Waals surface area contributed by atoms with E-state index in [9.17, 15) is 4.79 Å². The topological polar surface area (TPSA) is 79.4 Å². The average molecular weight is 249 g/mol. The molecule has 0 saturated heterocycles. The summed E-state index contributed by atoms with van der Waals surface area (Å²) in [5, 5.41) is 0. The first-order valence-electron chi connectivity index (χ1n) is 5.61. The van der Waals surface area contributed by atoms with E-state index in [0.717, 1.165) is 11.0 Å². The maximum absolute atomic E-state index is 11.5. The van der Waals surface area contributed by atoms with Crippen molar-refractivity contribution in [1.82, 2.24) is 9.55 Å². The lowest BCUT2D eigenvalue weighted by molar-refractivity contribution is -0.143. The molecule has 0 atom stereocenters. The van der Waals surface area contributed by atoms with E-state index < -0.39 is 0 Å². The zero-order chi connectivity index (χ0) is 13.1. The monoisotopic (exact) mass is 249 g/mol. The van der Waals surface area contributed by atoms with E-state index in [-0.39, 0.29) is 18.5 Å². The van der Waals surface area contributed by atoms with Crippen LogP contribution >= 0.6 is 0 Å². The smallest absolute Gasteiger partial charge is 0.326 e. The number of hydrogen-bond donors (Lipinski definition) is 1. The summed E-state index contributed by atoms with van der Waals surface area (Å²) in [5.74, 6) is 0.630. The Bertz CT molecular complexity index is 577. The van der Waals surface area contributed by atoms with E-state index in [0.29, 0.717) is 12.4 Å². The van der Waals surface area contributed by atoms with Gasteiger partial charge in [-0.3, -0.25) is 9.36 Å². The van der Waals surface area contributed by atoms with E-state index >= 15 is 0 Å². The highest BCUT2D eigenvalue weighted by atomic mass is 16.5. The summed E-state index contributed by atoms with van der Waals surface area (Å²) in [7, 11) is 1.58. The summed E-state index contributed by atoms with van der Waals surface area (Å²) >= 11 is 0. The van der Waals surface area contributed by atoms with Crippen molar-refractivity contribution < 1.29 is 14.3 Å². The summed E-state index contributed by atoms with van der Waals surface area (Å²) < 4.78 is 11.6. The number of methoxy groups -OCH3 is 1. The van der Waals surface area contributed by atoms with Crippen molar-refractivity contribution in [2.75, 3.05) is 19.5 Å². The Hall–Kier alpha value is -2.24. The number of aromatic nitrogens is 2. The number of imidazole rings is 1. The predicted octanol–water partition coefficient (Wildman–Crippen LogP) is 1.19. The van der Waals surface area contributed by atoms with Crippen molar-refractivity contribution in [3.8, 4) is 5.75 Å². The summed E-state index contributed by atoms with van der Waals surface area (Å²) in [6, 6.07) is 5.38. The van der Waals surface area contributed by atoms with Crippen molar-refractivity contribution >= 4 is 23.0 Å². The maximum atomic E-state index is 11.5. The molecule has 1 aromatic heterocycles. The highest BCUT2D eigenvalue weighted by Gasteiger charge is 2.12. The zero-order valence-corrected chi connectivity index (χ0v) is 10.3. The van der Waals surface area contributed by atoms with Crippen LogP contribution < -0.4 is 10.5 Å². The van der Waals surface area contributed by atoms with Gasteiger partial charge in [-0.2, -0.15) is 0 Å². The van der Waals surface area contributed by atoms with E-state index in [4.69, 9.17) is 15.2 Å². The molecule has 0 fully saturated rings. The lowest BCUT2D eigenvalue weighted by atomic mass is 10.3. The van der Waals surface area contributed by atoms with Gasteiger partial charge < -0.3 is 15.2 Å². The largest absolute Gasteiger partial charge is 0.497 e. The number of fused-ring (bicyclic) bond motifs is 1. The first-order chi connectivity index (χ1) is 8.65. The lowest BCUT2D eigenvalue weighted by Gasteiger charge is -2.06. The molecule has 1 aromatic carbocycles. The predicted molar refractivity (Wildman–Crippen MR) is 67.3 cm³/mol. The van der Waals surface area contributed by atoms with Crippen molar-refractivity contribution in [3.63, 3.8) is 0 Å². The second kappa shape index (κ2) is 4.95. The van der Waals surface area contributed by atoms with Crippen LogP contribution in [0.4, 0.5) is 5.95 Å². The summed E-state index contributed by atoms with van der Waals surface area (Å²) in [6.07, 6.45) is 0. The van der Waals surface area contributed by atoms with Gasteiger partial charge in [-0.25, -0.2) is 4.98 Å². The van der Waals surface area contributed by atoms with Gasteiger partial charge in [0, 0.05) is 6.07 Å². The quantitative estimate of drug-likeness (QED) is 0.823. The average Bonchev–Trinajstić information content (AvgIpc) is 2.65. The number of nitrogens with zero attached hydrogens (tertiary/aromatic N) is 2. The second-order valence-corrected chi connectivity index (χ2v) is 3.72. The molecule has 0 amide bonds. The Kier molecular flexibility index (Phi) is 3.36. The minimum absolute atomic E-state index is 0.0450. The van der Waals surface area contributed by atoms with Gasteiger partial charge in [-0.1, -0.05) is 0 Å². The zero-order valence-electron chi connectivity index (χ0n) is 10.3. The highest BCUT2D eigenvalue weighted by Crippen LogP contribution is 2.22. The van der Waals surface area contributed by atoms with E-state index in [1.165, 1.54) is 0 Å². The fourth-order valence-corrected chi connectivity index (χ4v) is 1.75. The molecule has 0 aliphatic rings. The molecule has 96 valence electrons. The number of carbonyl (C=O) groups is 1. The number of carbonyl (C=O) groups excluding carboxylic acids is 1. The normalized spacial score (nSPS) is 10.6. The van der Waals surface area contributed by atoms with Crippen molar-refractivity contribution in [2.45, 2.75) is 13.5 Å². The van der Waals surface area contributed by atoms with Crippen LogP contribution in [0.2, 0.25) is 0 Å². The molecule has 18 heavy (non-hydrogen) atoms. The second-order valence-electron chi connectivity index (χ2n) is 3.72. The summed E-state index contributed by atoms with van der Waals surface area (Å²) in [4.78, 5) is 15.7. The minimum atomic E-state index is -0.341. The van der Waals surface area contributed by atoms with Crippen molar-refractivity contribution in [2.24, 2.45) is 0 Å². The molecule has 0 bridgehead atoms. The van der Waals surface area contributed by atoms with Gasteiger partial charge in [0.1, 0.15) is 12.3 Å². The van der Waals surface area contributed by atoms with Gasteiger partial charge in [0.05, 0.1) is 24.8 Å². The Morgan fingerprint density at radius 1 is 1.50 bits per heavy atom. The maximum Gasteiger partial charge on any atom is 0.326 e. The van der Waals surface area contributed by atoms with Crippen molar-refractivity contribution in [3.05, 3.63) is 18.2 Å². The van der Waals surface area contributed by atoms with Crippen LogP contribution in [0.3, 0.4) is 0 Å². The Morgan fingerprint density at radius 3 is 2.94 bits per heavy atom. The number of hydrogen-bond acceptors (Lipinski definition) is 5. The number of benzene rings is 1. The molecule has 6 nitrogen and oxygen atoms in total. The fourth-order valence-electron chi connectivity index (χ4n) is 1.75. The van der Waals surface area contributed by atoms with Gasteiger partial charge in [0.15, 0.2) is 0 Å². The first-order valence-corrected chi connectivity index (χ1v) is 5.61. The molecule has 2 rings (SSSR count). The number of nitrogen functional groups attached to an aromatic ring is 1. The van der Waals surface area contributed by atoms with Crippen LogP contribution in [0, 0.1) is 0 Å². The third-order valence-electron chi connectivity index (χ3n) is 2.58. The lowest BCUT2D eigenvalue weighted by Crippen LogP contribution is -2.15. The standard InChI is InChI=1S/C12H15N3O3/c1-3-18-11(16)7-15-10-6-8(17-2)4-5-9(10)14-12(15)13/h4-6H,3,7H2,1-2H3,(H2,13,14). The first kappa shape index (κ1) is 12.2. The molecule has 0 aliphatic carbocycles. The molecule has 0 saturated carbocycles. The van der Waals surface area contributed by atoms with Gasteiger partial charge in [-0.15, -0.1) is 0 Å². The Balaban J connectivity index is 2.41. The van der Waals surface area contributed by atoms with E-state index in [1.54, 1.807) is 36.8 Å². The van der Waals surface area contributed by atoms with Crippen molar-refractivity contribution in [1.29, 1.82) is 0 Å². The molecular weight excluding hydrogens is 234 g/mol. The van der Waals surface area contributed by atoms with Crippen LogP contribution in [0.5, 0.6) is 5.75 Å². The number of ether oxygens (including phenoxy) is 2. The number of esters is 1. The van der Waals surface area contributed by atoms with Crippen LogP contribution in [-0.2, 0) is 16.1 Å². The van der Waals surface area contributed by atoms with Gasteiger partial charge in [-0.05, 0) is 19.1 Å².